The van der Waals surface area contributed by atoms with Gasteiger partial charge >= 0.3 is 0 Å². The van der Waals surface area contributed by atoms with Gasteiger partial charge in [0.25, 0.3) is 0 Å². The van der Waals surface area contributed by atoms with Crippen LogP contribution in [0.2, 0.25) is 0 Å². The van der Waals surface area contributed by atoms with Crippen molar-refractivity contribution in [2.45, 2.75) is 51.0 Å². The van der Waals surface area contributed by atoms with E-state index < -0.39 is 11.6 Å². The van der Waals surface area contributed by atoms with Gasteiger partial charge < -0.3 is 28.8 Å². The number of ether oxygens (including phenoxy) is 5. The summed E-state index contributed by atoms with van der Waals surface area (Å²) in [6, 6.07) is 24.1. The number of aliphatic hydroxyl groups excluding tert-OH is 1. The average Bonchev–Trinajstić information content (AvgIpc) is 3.18. The van der Waals surface area contributed by atoms with Crippen molar-refractivity contribution >= 4 is 0 Å². The third kappa shape index (κ3) is 6.74. The molecule has 1 N–H and O–H groups in total. The Kier molecular flexibility index (Phi) is 9.91. The van der Waals surface area contributed by atoms with Crippen molar-refractivity contribution in [2.24, 2.45) is 0 Å². The highest BCUT2D eigenvalue weighted by atomic mass is 19.2. The summed E-state index contributed by atoms with van der Waals surface area (Å²) in [5.41, 5.74) is 7.06. The van der Waals surface area contributed by atoms with E-state index in [4.69, 9.17) is 23.7 Å². The largest absolute Gasteiger partial charge is 0.493 e. The van der Waals surface area contributed by atoms with Gasteiger partial charge in [-0.3, -0.25) is 9.80 Å². The standard InChI is InChI=1S/C44H44F2N2O6/c1-47-16-14-28-21-31(24-49)38-23-33(28)35(47)18-26-8-11-32(12-9-26)53-39-20-27(10-13-37(39)50-3)19-36-41-29(15-17-48(36)2)22-40(51-4)43(44(41)54-38)52-25-30-6-5-7-34(45)42(30)46/h5-13,20-23,35-36,49H,14-19,24-25H2,1-4H3/t35-,36-/m0/s1. The maximum atomic E-state index is 15.0. The Balaban J connectivity index is 1.35. The third-order valence-corrected chi connectivity index (χ3v) is 11.1. The number of rotatable bonds is 6. The maximum absolute atomic E-state index is 15.0. The monoisotopic (exact) mass is 734 g/mol. The average molecular weight is 735 g/mol. The van der Waals surface area contributed by atoms with Crippen LogP contribution in [0.25, 0.3) is 0 Å². The molecule has 280 valence electrons. The summed E-state index contributed by atoms with van der Waals surface area (Å²) in [5, 5.41) is 10.8. The minimum Gasteiger partial charge on any atom is -0.493 e. The predicted molar refractivity (Wildman–Crippen MR) is 201 cm³/mol. The summed E-state index contributed by atoms with van der Waals surface area (Å²) in [4.78, 5) is 4.63. The number of methoxy groups -OCH3 is 2. The molecule has 0 unspecified atom stereocenters. The molecule has 4 aliphatic heterocycles. The van der Waals surface area contributed by atoms with E-state index in [0.29, 0.717) is 52.9 Å². The van der Waals surface area contributed by atoms with E-state index in [9.17, 15) is 13.9 Å². The zero-order valence-corrected chi connectivity index (χ0v) is 31.0. The molecule has 0 saturated carbocycles. The molecule has 5 aromatic carbocycles. The second kappa shape index (κ2) is 14.9. The van der Waals surface area contributed by atoms with Crippen molar-refractivity contribution in [2.75, 3.05) is 41.4 Å². The van der Waals surface area contributed by atoms with Crippen LogP contribution >= 0.6 is 0 Å². The van der Waals surface area contributed by atoms with E-state index in [1.807, 2.05) is 36.4 Å². The summed E-state index contributed by atoms with van der Waals surface area (Å²) >= 11 is 0. The van der Waals surface area contributed by atoms with Gasteiger partial charge in [0.1, 0.15) is 18.1 Å². The number of hydrogen-bond donors (Lipinski definition) is 1. The van der Waals surface area contributed by atoms with Crippen LogP contribution in [0.1, 0.15) is 56.6 Å². The van der Waals surface area contributed by atoms with Gasteiger partial charge in [-0.1, -0.05) is 30.3 Å². The fraction of sp³-hybridized carbons (Fsp3) is 0.318. The van der Waals surface area contributed by atoms with Gasteiger partial charge in [0.2, 0.25) is 5.75 Å². The lowest BCUT2D eigenvalue weighted by Crippen LogP contribution is -2.34. The molecule has 5 aromatic rings. The van der Waals surface area contributed by atoms with Crippen LogP contribution in [-0.4, -0.2) is 56.3 Å². The van der Waals surface area contributed by atoms with Crippen LogP contribution in [0.4, 0.5) is 8.78 Å². The van der Waals surface area contributed by atoms with Gasteiger partial charge in [-0.05, 0) is 116 Å². The minimum absolute atomic E-state index is 0.0380. The molecular formula is C44H44F2N2O6. The summed E-state index contributed by atoms with van der Waals surface area (Å²) in [6.07, 6.45) is 2.87. The Labute approximate surface area is 314 Å². The molecule has 8 nitrogen and oxygen atoms in total. The molecule has 0 aliphatic carbocycles. The number of likely N-dealkylation sites (N-methyl/N-ethyl adjacent to an activating group) is 2. The zero-order chi connectivity index (χ0) is 37.5. The second-order valence-corrected chi connectivity index (χ2v) is 14.4. The van der Waals surface area contributed by atoms with Crippen molar-refractivity contribution in [3.05, 3.63) is 135 Å². The Morgan fingerprint density at radius 2 is 1.46 bits per heavy atom. The lowest BCUT2D eigenvalue weighted by atomic mass is 9.86. The van der Waals surface area contributed by atoms with Crippen molar-refractivity contribution in [1.82, 2.24) is 9.80 Å². The number of benzene rings is 5. The first-order valence-corrected chi connectivity index (χ1v) is 18.3. The molecule has 0 fully saturated rings. The lowest BCUT2D eigenvalue weighted by Gasteiger charge is -2.37. The molecule has 9 rings (SSSR count). The van der Waals surface area contributed by atoms with E-state index in [1.165, 1.54) is 12.1 Å². The van der Waals surface area contributed by atoms with E-state index >= 15 is 0 Å². The molecule has 0 saturated heterocycles. The van der Waals surface area contributed by atoms with E-state index in [2.05, 4.69) is 48.2 Å². The van der Waals surface area contributed by atoms with Crippen LogP contribution in [0.5, 0.6) is 40.2 Å². The van der Waals surface area contributed by atoms with Crippen LogP contribution in [0.3, 0.4) is 0 Å². The molecule has 54 heavy (non-hydrogen) atoms. The molecule has 2 atom stereocenters. The summed E-state index contributed by atoms with van der Waals surface area (Å²) in [6.45, 7) is 1.14. The van der Waals surface area contributed by atoms with Gasteiger partial charge in [-0.2, -0.15) is 0 Å². The van der Waals surface area contributed by atoms with Crippen molar-refractivity contribution in [1.29, 1.82) is 0 Å². The highest BCUT2D eigenvalue weighted by Gasteiger charge is 2.35. The minimum atomic E-state index is -0.970. The Hall–Kier alpha value is -5.16. The Bertz CT molecular complexity index is 2190. The van der Waals surface area contributed by atoms with E-state index in [-0.39, 0.29) is 36.6 Å². The Morgan fingerprint density at radius 3 is 2.22 bits per heavy atom. The van der Waals surface area contributed by atoms with Gasteiger partial charge in [0.05, 0.1) is 20.8 Å². The molecule has 10 heteroatoms. The first-order chi connectivity index (χ1) is 26.2. The molecule has 0 spiro atoms. The van der Waals surface area contributed by atoms with Crippen LogP contribution in [0.15, 0.2) is 78.9 Å². The number of fused-ring (bicyclic) bond motifs is 2. The fourth-order valence-electron chi connectivity index (χ4n) is 8.08. The molecule has 4 heterocycles. The summed E-state index contributed by atoms with van der Waals surface area (Å²) in [5.74, 6) is 1.60. The SMILES string of the molecule is COc1ccc2cc1Oc1ccc(cc1)C[C@H]1c3cc(c(CO)cc3CCN1C)Oc1c(OCc3cccc(F)c3F)c(OC)cc3c1[C@H](C2)N(C)CC3. The normalized spacial score (nSPS) is 18.1. The molecule has 4 aliphatic rings. The van der Waals surface area contributed by atoms with Crippen molar-refractivity contribution in [3.63, 3.8) is 0 Å². The summed E-state index contributed by atoms with van der Waals surface area (Å²) in [7, 11) is 7.40. The maximum Gasteiger partial charge on any atom is 0.204 e. The van der Waals surface area contributed by atoms with Gasteiger partial charge in [-0.15, -0.1) is 0 Å². The van der Waals surface area contributed by atoms with Gasteiger partial charge in [-0.25, -0.2) is 8.78 Å². The third-order valence-electron chi connectivity index (χ3n) is 11.1. The summed E-state index contributed by atoms with van der Waals surface area (Å²) < 4.78 is 60.9. The molecule has 6 bridgehead atoms. The number of halogens is 2. The Morgan fingerprint density at radius 1 is 0.741 bits per heavy atom. The topological polar surface area (TPSA) is 72.9 Å². The van der Waals surface area contributed by atoms with Crippen LogP contribution in [0, 0.1) is 11.6 Å². The van der Waals surface area contributed by atoms with E-state index in [0.717, 1.165) is 65.4 Å². The van der Waals surface area contributed by atoms with Crippen molar-refractivity contribution < 1.29 is 37.6 Å². The van der Waals surface area contributed by atoms with E-state index in [1.54, 1.807) is 14.2 Å². The lowest BCUT2D eigenvalue weighted by molar-refractivity contribution is 0.215. The number of hydrogen-bond acceptors (Lipinski definition) is 8. The predicted octanol–water partition coefficient (Wildman–Crippen LogP) is 8.49. The van der Waals surface area contributed by atoms with Gasteiger partial charge in [0, 0.05) is 41.9 Å². The van der Waals surface area contributed by atoms with Gasteiger partial charge in [0.15, 0.2) is 34.6 Å². The molecule has 0 amide bonds. The number of aliphatic hydroxyl groups is 1. The zero-order valence-electron chi connectivity index (χ0n) is 31.0. The molecule has 0 aromatic heterocycles. The smallest absolute Gasteiger partial charge is 0.204 e. The van der Waals surface area contributed by atoms with Crippen LogP contribution < -0.4 is 23.7 Å². The second-order valence-electron chi connectivity index (χ2n) is 14.4. The number of nitrogens with zero attached hydrogens (tertiary/aromatic N) is 2. The first-order valence-electron chi connectivity index (χ1n) is 18.3. The fourth-order valence-corrected chi connectivity index (χ4v) is 8.08. The molecular weight excluding hydrogens is 690 g/mol. The highest BCUT2D eigenvalue weighted by molar-refractivity contribution is 5.63. The van der Waals surface area contributed by atoms with Crippen LogP contribution in [-0.2, 0) is 38.9 Å². The quantitative estimate of drug-likeness (QED) is 0.186. The molecule has 0 radical (unpaired) electrons. The van der Waals surface area contributed by atoms with Crippen molar-refractivity contribution in [3.8, 4) is 40.2 Å². The highest BCUT2D eigenvalue weighted by Crippen LogP contribution is 2.51. The first kappa shape index (κ1) is 35.8.